The summed E-state index contributed by atoms with van der Waals surface area (Å²) in [5.41, 5.74) is 0. The van der Waals surface area contributed by atoms with E-state index < -0.39 is 16.2 Å². The maximum Gasteiger partial charge on any atom is 0.407 e. The molecule has 30 heavy (non-hydrogen) atoms. The number of hydrogen-bond donors (Lipinski definition) is 1. The third-order valence-corrected chi connectivity index (χ3v) is 6.73. The number of methoxy groups -OCH3 is 1. The highest BCUT2D eigenvalue weighted by Gasteiger charge is 2.15. The summed E-state index contributed by atoms with van der Waals surface area (Å²) in [6.45, 7) is 2.19. The normalized spacial score (nSPS) is 12.6. The summed E-state index contributed by atoms with van der Waals surface area (Å²) in [6, 6.07) is -0.385. The molecule has 1 amide bonds. The first-order chi connectivity index (χ1) is 14.4. The van der Waals surface area contributed by atoms with Gasteiger partial charge in [0.05, 0.1) is 26.0 Å². The number of nitrogens with one attached hydrogen (secondary N) is 1. The molecular weight excluding hydrogens is 422 g/mol. The van der Waals surface area contributed by atoms with Gasteiger partial charge in [0.2, 0.25) is 0 Å². The Hall–Kier alpha value is -0.470. The first-order valence-corrected chi connectivity index (χ1v) is 14.6. The summed E-state index contributed by atoms with van der Waals surface area (Å²) in [4.78, 5) is 11.4. The van der Waals surface area contributed by atoms with Gasteiger partial charge in [-0.2, -0.15) is 20.2 Å². The van der Waals surface area contributed by atoms with Gasteiger partial charge in [-0.05, 0) is 12.2 Å². The molecule has 0 aliphatic rings. The SMILES string of the molecule is CCCCCCCCCCCCCCCCSCC(COS(C)(=O)=O)NC(=O)OC. The fourth-order valence-corrected chi connectivity index (χ4v) is 4.64. The zero-order chi connectivity index (χ0) is 22.5. The van der Waals surface area contributed by atoms with Crippen molar-refractivity contribution in [1.29, 1.82) is 0 Å². The van der Waals surface area contributed by atoms with Gasteiger partial charge >= 0.3 is 6.09 Å². The van der Waals surface area contributed by atoms with Crippen LogP contribution in [0.3, 0.4) is 0 Å². The van der Waals surface area contributed by atoms with Crippen LogP contribution in [0.4, 0.5) is 4.79 Å². The third-order valence-electron chi connectivity index (χ3n) is 4.95. The number of ether oxygens (including phenoxy) is 1. The van der Waals surface area contributed by atoms with Gasteiger partial charge in [-0.1, -0.05) is 90.4 Å². The molecule has 0 spiro atoms. The minimum absolute atomic E-state index is 0.0698. The number of carbonyl (C=O) groups is 1. The number of hydrogen-bond acceptors (Lipinski definition) is 6. The second kappa shape index (κ2) is 20.4. The summed E-state index contributed by atoms with van der Waals surface area (Å²) < 4.78 is 31.7. The number of unbranched alkanes of at least 4 members (excludes halogenated alkanes) is 13. The van der Waals surface area contributed by atoms with Crippen LogP contribution in [0.25, 0.3) is 0 Å². The Kier molecular flexibility index (Phi) is 20.1. The number of amides is 1. The van der Waals surface area contributed by atoms with Crippen molar-refractivity contribution in [3.05, 3.63) is 0 Å². The van der Waals surface area contributed by atoms with E-state index in [1.807, 2.05) is 0 Å². The van der Waals surface area contributed by atoms with Gasteiger partial charge in [-0.3, -0.25) is 4.18 Å². The summed E-state index contributed by atoms with van der Waals surface area (Å²) in [5, 5.41) is 2.62. The monoisotopic (exact) mass is 467 g/mol. The first kappa shape index (κ1) is 29.5. The topological polar surface area (TPSA) is 81.7 Å². The Bertz CT molecular complexity index is 500. The quantitative estimate of drug-likeness (QED) is 0.167. The Morgan fingerprint density at radius 1 is 0.867 bits per heavy atom. The molecule has 0 aromatic rings. The molecule has 1 N–H and O–H groups in total. The lowest BCUT2D eigenvalue weighted by molar-refractivity contribution is 0.162. The predicted octanol–water partition coefficient (Wildman–Crippen LogP) is 5.90. The highest BCUT2D eigenvalue weighted by atomic mass is 32.2. The second-order valence-corrected chi connectivity index (χ2v) is 10.8. The molecule has 0 saturated carbocycles. The molecule has 0 aliphatic carbocycles. The molecule has 0 bridgehead atoms. The zero-order valence-electron chi connectivity index (χ0n) is 19.5. The first-order valence-electron chi connectivity index (χ1n) is 11.7. The molecule has 1 unspecified atom stereocenters. The van der Waals surface area contributed by atoms with E-state index in [-0.39, 0.29) is 12.6 Å². The molecule has 0 rings (SSSR count). The third kappa shape index (κ3) is 22.2. The summed E-state index contributed by atoms with van der Waals surface area (Å²) >= 11 is 1.70. The maximum atomic E-state index is 11.4. The van der Waals surface area contributed by atoms with E-state index in [2.05, 4.69) is 17.0 Å². The highest BCUT2D eigenvalue weighted by molar-refractivity contribution is 7.99. The molecule has 6 nitrogen and oxygen atoms in total. The zero-order valence-corrected chi connectivity index (χ0v) is 21.1. The van der Waals surface area contributed by atoms with Crippen LogP contribution in [0, 0.1) is 0 Å². The van der Waals surface area contributed by atoms with Crippen molar-refractivity contribution < 1.29 is 22.1 Å². The van der Waals surface area contributed by atoms with Gasteiger partial charge in [-0.25, -0.2) is 4.79 Å². The largest absolute Gasteiger partial charge is 0.453 e. The number of carbonyl (C=O) groups excluding carboxylic acids is 1. The Morgan fingerprint density at radius 3 is 1.77 bits per heavy atom. The lowest BCUT2D eigenvalue weighted by Gasteiger charge is -2.17. The van der Waals surface area contributed by atoms with Crippen molar-refractivity contribution in [3.63, 3.8) is 0 Å². The molecule has 0 aromatic heterocycles. The Morgan fingerprint density at radius 2 is 1.33 bits per heavy atom. The predicted molar refractivity (Wildman–Crippen MR) is 128 cm³/mol. The van der Waals surface area contributed by atoms with Gasteiger partial charge in [0.15, 0.2) is 0 Å². The van der Waals surface area contributed by atoms with Crippen molar-refractivity contribution in [2.24, 2.45) is 0 Å². The van der Waals surface area contributed by atoms with Crippen LogP contribution in [0.2, 0.25) is 0 Å². The number of thioether (sulfide) groups is 1. The molecule has 0 aromatic carbocycles. The van der Waals surface area contributed by atoms with Crippen molar-refractivity contribution in [1.82, 2.24) is 5.32 Å². The van der Waals surface area contributed by atoms with Crippen LogP contribution in [0.15, 0.2) is 0 Å². The van der Waals surface area contributed by atoms with E-state index in [9.17, 15) is 13.2 Å². The minimum atomic E-state index is -3.52. The summed E-state index contributed by atoms with van der Waals surface area (Å²) in [6.07, 6.45) is 19.2. The maximum absolute atomic E-state index is 11.4. The fourth-order valence-electron chi connectivity index (χ4n) is 3.19. The minimum Gasteiger partial charge on any atom is -0.453 e. The van der Waals surface area contributed by atoms with E-state index in [0.29, 0.717) is 5.75 Å². The average molecular weight is 468 g/mol. The van der Waals surface area contributed by atoms with Gasteiger partial charge in [0.25, 0.3) is 10.1 Å². The number of rotatable bonds is 21. The van der Waals surface area contributed by atoms with Gasteiger partial charge < -0.3 is 10.1 Å². The van der Waals surface area contributed by atoms with E-state index in [4.69, 9.17) is 4.18 Å². The van der Waals surface area contributed by atoms with Crippen LogP contribution in [0.1, 0.15) is 96.8 Å². The molecular formula is C22H45NO5S2. The lowest BCUT2D eigenvalue weighted by atomic mass is 10.0. The molecule has 180 valence electrons. The van der Waals surface area contributed by atoms with Gasteiger partial charge in [-0.15, -0.1) is 0 Å². The molecule has 0 heterocycles. The number of alkyl carbamates (subject to hydrolysis) is 1. The second-order valence-electron chi connectivity index (χ2n) is 7.99. The Balaban J connectivity index is 3.55. The van der Waals surface area contributed by atoms with Crippen LogP contribution in [0.5, 0.6) is 0 Å². The van der Waals surface area contributed by atoms with Crippen LogP contribution < -0.4 is 5.32 Å². The fraction of sp³-hybridized carbons (Fsp3) is 0.955. The van der Waals surface area contributed by atoms with Crippen LogP contribution >= 0.6 is 11.8 Å². The standard InChI is InChI=1S/C22H45NO5S2/c1-4-5-6-7-8-9-10-11-12-13-14-15-16-17-18-29-20-21(23-22(24)27-2)19-28-30(3,25)26/h21H,4-20H2,1-3H3,(H,23,24). The molecule has 0 saturated heterocycles. The Labute approximate surface area is 189 Å². The molecule has 0 aliphatic heterocycles. The van der Waals surface area contributed by atoms with Crippen molar-refractivity contribution in [2.45, 2.75) is 103 Å². The lowest BCUT2D eigenvalue weighted by Crippen LogP contribution is -2.40. The van der Waals surface area contributed by atoms with E-state index >= 15 is 0 Å². The van der Waals surface area contributed by atoms with Crippen LogP contribution in [-0.2, 0) is 19.0 Å². The van der Waals surface area contributed by atoms with Crippen molar-refractivity contribution in [3.8, 4) is 0 Å². The van der Waals surface area contributed by atoms with Gasteiger partial charge in [0, 0.05) is 5.75 Å². The van der Waals surface area contributed by atoms with Crippen molar-refractivity contribution in [2.75, 3.05) is 31.5 Å². The van der Waals surface area contributed by atoms with Crippen molar-refractivity contribution >= 4 is 28.0 Å². The van der Waals surface area contributed by atoms with Gasteiger partial charge in [0.1, 0.15) is 0 Å². The van der Waals surface area contributed by atoms with E-state index in [1.165, 1.54) is 90.6 Å². The van der Waals surface area contributed by atoms with Crippen LogP contribution in [-0.4, -0.2) is 52.0 Å². The average Bonchev–Trinajstić information content (AvgIpc) is 2.70. The molecule has 8 heteroatoms. The molecule has 1 atom stereocenters. The summed E-state index contributed by atoms with van der Waals surface area (Å²) in [5.74, 6) is 1.60. The van der Waals surface area contributed by atoms with E-state index in [1.54, 1.807) is 11.8 Å². The smallest absolute Gasteiger partial charge is 0.407 e. The molecule has 0 fully saturated rings. The molecule has 0 radical (unpaired) electrons. The van der Waals surface area contributed by atoms with E-state index in [0.717, 1.165) is 18.4 Å². The summed E-state index contributed by atoms with van der Waals surface area (Å²) in [7, 11) is -2.24. The highest BCUT2D eigenvalue weighted by Crippen LogP contribution is 2.14.